The first kappa shape index (κ1) is 15.9. The number of carbonyl (C=O) groups is 1. The summed E-state index contributed by atoms with van der Waals surface area (Å²) < 4.78 is 5.28. The number of amides is 1. The van der Waals surface area contributed by atoms with Crippen LogP contribution < -0.4 is 0 Å². The molecule has 0 saturated carbocycles. The van der Waals surface area contributed by atoms with Gasteiger partial charge in [-0.3, -0.25) is 9.78 Å². The summed E-state index contributed by atoms with van der Waals surface area (Å²) in [6, 6.07) is 5.63. The maximum atomic E-state index is 13.1. The van der Waals surface area contributed by atoms with Gasteiger partial charge in [0.05, 0.1) is 36.4 Å². The number of benzene rings is 1. The van der Waals surface area contributed by atoms with Crippen molar-refractivity contribution in [1.82, 2.24) is 9.88 Å². The topological polar surface area (TPSA) is 62.7 Å². The zero-order chi connectivity index (χ0) is 16.7. The summed E-state index contributed by atoms with van der Waals surface area (Å²) in [6.45, 7) is 6.48. The number of aryl methyl sites for hydroxylation is 2. The van der Waals surface area contributed by atoms with Crippen LogP contribution in [0.3, 0.4) is 0 Å². The van der Waals surface area contributed by atoms with Crippen molar-refractivity contribution in [2.45, 2.75) is 32.9 Å². The number of aromatic nitrogens is 1. The molecule has 5 nitrogen and oxygen atoms in total. The van der Waals surface area contributed by atoms with Gasteiger partial charge >= 0.3 is 0 Å². The molecule has 1 N–H and O–H groups in total. The van der Waals surface area contributed by atoms with Crippen molar-refractivity contribution in [3.8, 4) is 0 Å². The zero-order valence-electron chi connectivity index (χ0n) is 14.0. The SMILES string of the molecule is Cc1ccc2nc(C)c(C)c(C(=O)N(C)[C@@H]3COC[C@H]3O)c2c1. The minimum absolute atomic E-state index is 0.0989. The van der Waals surface area contributed by atoms with E-state index in [4.69, 9.17) is 4.74 Å². The highest BCUT2D eigenvalue weighted by Crippen LogP contribution is 2.26. The molecule has 1 aromatic heterocycles. The second-order valence-electron chi connectivity index (χ2n) is 6.31. The lowest BCUT2D eigenvalue weighted by Crippen LogP contribution is -2.44. The Labute approximate surface area is 135 Å². The fourth-order valence-corrected chi connectivity index (χ4v) is 3.10. The summed E-state index contributed by atoms with van der Waals surface area (Å²) in [5, 5.41) is 10.9. The largest absolute Gasteiger partial charge is 0.388 e. The summed E-state index contributed by atoms with van der Waals surface area (Å²) in [7, 11) is 1.72. The number of aliphatic hydroxyl groups is 1. The predicted octanol–water partition coefficient (Wildman–Crippen LogP) is 1.99. The van der Waals surface area contributed by atoms with Gasteiger partial charge in [0.2, 0.25) is 0 Å². The van der Waals surface area contributed by atoms with Crippen LogP contribution in [0.25, 0.3) is 10.9 Å². The maximum absolute atomic E-state index is 13.1. The van der Waals surface area contributed by atoms with E-state index in [0.29, 0.717) is 12.2 Å². The highest BCUT2D eigenvalue weighted by atomic mass is 16.5. The maximum Gasteiger partial charge on any atom is 0.255 e. The lowest BCUT2D eigenvalue weighted by atomic mass is 9.98. The molecule has 1 saturated heterocycles. The number of rotatable bonds is 2. The standard InChI is InChI=1S/C18H22N2O3/c1-10-5-6-14-13(7-10)17(11(2)12(3)19-14)18(22)20(4)15-8-23-9-16(15)21/h5-7,15-16,21H,8-9H2,1-4H3/t15-,16-/m1/s1. The molecule has 1 aliphatic rings. The van der Waals surface area contributed by atoms with Crippen LogP contribution in [0.1, 0.15) is 27.2 Å². The molecular formula is C18H22N2O3. The third-order valence-corrected chi connectivity index (χ3v) is 4.68. The second-order valence-corrected chi connectivity index (χ2v) is 6.31. The Balaban J connectivity index is 2.12. The average molecular weight is 314 g/mol. The summed E-state index contributed by atoms with van der Waals surface area (Å²) in [5.74, 6) is -0.0989. The molecule has 1 aliphatic heterocycles. The van der Waals surface area contributed by atoms with E-state index in [1.165, 1.54) is 0 Å². The average Bonchev–Trinajstić information content (AvgIpc) is 2.94. The molecule has 0 spiro atoms. The molecule has 0 radical (unpaired) electrons. The highest BCUT2D eigenvalue weighted by molar-refractivity contribution is 6.07. The lowest BCUT2D eigenvalue weighted by molar-refractivity contribution is 0.0582. The summed E-state index contributed by atoms with van der Waals surface area (Å²) in [6.07, 6.45) is -0.639. The van der Waals surface area contributed by atoms with E-state index in [2.05, 4.69) is 4.98 Å². The normalized spacial score (nSPS) is 20.9. The van der Waals surface area contributed by atoms with Crippen molar-refractivity contribution >= 4 is 16.8 Å². The first-order valence-electron chi connectivity index (χ1n) is 7.80. The van der Waals surface area contributed by atoms with Gasteiger partial charge in [0.15, 0.2) is 0 Å². The van der Waals surface area contributed by atoms with Crippen molar-refractivity contribution in [3.63, 3.8) is 0 Å². The molecule has 1 aromatic carbocycles. The Hall–Kier alpha value is -1.98. The summed E-state index contributed by atoms with van der Waals surface area (Å²) >= 11 is 0. The van der Waals surface area contributed by atoms with Crippen LogP contribution in [-0.2, 0) is 4.74 Å². The molecule has 2 aromatic rings. The molecule has 0 unspecified atom stereocenters. The minimum Gasteiger partial charge on any atom is -0.388 e. The smallest absolute Gasteiger partial charge is 0.255 e. The number of fused-ring (bicyclic) bond motifs is 1. The Bertz CT molecular complexity index is 772. The van der Waals surface area contributed by atoms with E-state index in [9.17, 15) is 9.90 Å². The summed E-state index contributed by atoms with van der Waals surface area (Å²) in [5.41, 5.74) is 4.30. The van der Waals surface area contributed by atoms with E-state index in [-0.39, 0.29) is 18.6 Å². The fraction of sp³-hybridized carbons (Fsp3) is 0.444. The van der Waals surface area contributed by atoms with E-state index in [0.717, 1.165) is 27.7 Å². The van der Waals surface area contributed by atoms with E-state index in [1.807, 2.05) is 39.0 Å². The van der Waals surface area contributed by atoms with Gasteiger partial charge in [0, 0.05) is 18.1 Å². The van der Waals surface area contributed by atoms with Gasteiger partial charge in [-0.2, -0.15) is 0 Å². The lowest BCUT2D eigenvalue weighted by Gasteiger charge is -2.27. The van der Waals surface area contributed by atoms with Crippen LogP contribution in [0.4, 0.5) is 0 Å². The first-order valence-corrected chi connectivity index (χ1v) is 7.80. The van der Waals surface area contributed by atoms with Crippen LogP contribution >= 0.6 is 0 Å². The Morgan fingerprint density at radius 2 is 2.04 bits per heavy atom. The number of hydrogen-bond donors (Lipinski definition) is 1. The molecule has 122 valence electrons. The van der Waals surface area contributed by atoms with Gasteiger partial charge in [-0.15, -0.1) is 0 Å². The molecule has 3 rings (SSSR count). The number of likely N-dealkylation sites (N-methyl/N-ethyl adjacent to an activating group) is 1. The number of hydrogen-bond acceptors (Lipinski definition) is 4. The van der Waals surface area contributed by atoms with Crippen LogP contribution in [-0.4, -0.2) is 53.3 Å². The molecule has 0 aliphatic carbocycles. The molecule has 1 amide bonds. The van der Waals surface area contributed by atoms with Crippen molar-refractivity contribution in [1.29, 1.82) is 0 Å². The third-order valence-electron chi connectivity index (χ3n) is 4.68. The third kappa shape index (κ3) is 2.71. The van der Waals surface area contributed by atoms with Crippen LogP contribution in [0.2, 0.25) is 0 Å². The van der Waals surface area contributed by atoms with Gasteiger partial charge in [-0.1, -0.05) is 11.6 Å². The van der Waals surface area contributed by atoms with Crippen molar-refractivity contribution in [3.05, 3.63) is 40.6 Å². The van der Waals surface area contributed by atoms with Gasteiger partial charge in [-0.05, 0) is 38.5 Å². The van der Waals surface area contributed by atoms with Crippen molar-refractivity contribution in [2.75, 3.05) is 20.3 Å². The fourth-order valence-electron chi connectivity index (χ4n) is 3.10. The quantitative estimate of drug-likeness (QED) is 0.921. The molecule has 5 heteroatoms. The van der Waals surface area contributed by atoms with E-state index >= 15 is 0 Å². The zero-order valence-corrected chi connectivity index (χ0v) is 14.0. The number of aliphatic hydroxyl groups excluding tert-OH is 1. The van der Waals surface area contributed by atoms with Crippen LogP contribution in [0, 0.1) is 20.8 Å². The van der Waals surface area contributed by atoms with Gasteiger partial charge in [0.25, 0.3) is 5.91 Å². The van der Waals surface area contributed by atoms with Crippen LogP contribution in [0.15, 0.2) is 18.2 Å². The number of carbonyl (C=O) groups excluding carboxylic acids is 1. The van der Waals surface area contributed by atoms with Crippen LogP contribution in [0.5, 0.6) is 0 Å². The second kappa shape index (κ2) is 5.91. The van der Waals surface area contributed by atoms with Gasteiger partial charge in [-0.25, -0.2) is 0 Å². The molecule has 23 heavy (non-hydrogen) atoms. The Morgan fingerprint density at radius 3 is 2.70 bits per heavy atom. The van der Waals surface area contributed by atoms with Crippen molar-refractivity contribution < 1.29 is 14.6 Å². The monoisotopic (exact) mass is 314 g/mol. The number of pyridine rings is 1. The highest BCUT2D eigenvalue weighted by Gasteiger charge is 2.33. The number of ether oxygens (including phenoxy) is 1. The molecule has 2 heterocycles. The Morgan fingerprint density at radius 1 is 1.30 bits per heavy atom. The van der Waals surface area contributed by atoms with Gasteiger partial charge < -0.3 is 14.7 Å². The molecule has 1 fully saturated rings. The molecule has 0 bridgehead atoms. The Kier molecular flexibility index (Phi) is 4.08. The summed E-state index contributed by atoms with van der Waals surface area (Å²) in [4.78, 5) is 19.3. The van der Waals surface area contributed by atoms with Crippen molar-refractivity contribution in [2.24, 2.45) is 0 Å². The van der Waals surface area contributed by atoms with Gasteiger partial charge in [0.1, 0.15) is 0 Å². The minimum atomic E-state index is -0.639. The predicted molar refractivity (Wildman–Crippen MR) is 88.7 cm³/mol. The van der Waals surface area contributed by atoms with E-state index in [1.54, 1.807) is 11.9 Å². The molecule has 2 atom stereocenters. The first-order chi connectivity index (χ1) is 10.9. The van der Waals surface area contributed by atoms with E-state index < -0.39 is 6.10 Å². The number of nitrogens with zero attached hydrogens (tertiary/aromatic N) is 2. The molecular weight excluding hydrogens is 292 g/mol.